The summed E-state index contributed by atoms with van der Waals surface area (Å²) < 4.78 is 2.05. The minimum absolute atomic E-state index is 0.00634. The first-order valence-electron chi connectivity index (χ1n) is 8.33. The first kappa shape index (κ1) is 17.3. The van der Waals surface area contributed by atoms with Crippen LogP contribution in [-0.4, -0.2) is 19.5 Å². The standard InChI is InChI=1S/C19H16N4O3S/c1-9-8-13(23(25)26)5-6-14(9)22-12(4)21-16-15-10(2)7-11(3)20-18(15)27-17(16)19(22)24/h5-8H,1-4H3. The zero-order valence-corrected chi connectivity index (χ0v) is 16.0. The molecule has 0 amide bonds. The molecule has 0 saturated carbocycles. The molecule has 0 aliphatic rings. The molecule has 3 aromatic heterocycles. The van der Waals surface area contributed by atoms with Crippen LogP contribution < -0.4 is 5.56 Å². The Balaban J connectivity index is 2.06. The minimum atomic E-state index is -0.448. The highest BCUT2D eigenvalue weighted by molar-refractivity contribution is 7.25. The molecule has 136 valence electrons. The van der Waals surface area contributed by atoms with Gasteiger partial charge in [-0.3, -0.25) is 19.5 Å². The molecule has 4 aromatic rings. The van der Waals surface area contributed by atoms with E-state index in [0.29, 0.717) is 27.3 Å². The normalized spacial score (nSPS) is 11.4. The van der Waals surface area contributed by atoms with Crippen LogP contribution in [0.1, 0.15) is 22.6 Å². The molecule has 0 radical (unpaired) electrons. The zero-order valence-electron chi connectivity index (χ0n) is 15.2. The second-order valence-corrected chi connectivity index (χ2v) is 7.57. The first-order chi connectivity index (χ1) is 12.8. The van der Waals surface area contributed by atoms with E-state index in [1.807, 2.05) is 19.9 Å². The van der Waals surface area contributed by atoms with Gasteiger partial charge in [0, 0.05) is 23.2 Å². The molecule has 0 spiro atoms. The molecule has 0 aliphatic carbocycles. The van der Waals surface area contributed by atoms with Crippen LogP contribution in [0.4, 0.5) is 5.69 Å². The summed E-state index contributed by atoms with van der Waals surface area (Å²) in [5.41, 5.74) is 3.65. The van der Waals surface area contributed by atoms with Crippen LogP contribution in [0.15, 0.2) is 29.1 Å². The molecule has 0 unspecified atom stereocenters. The Morgan fingerprint density at radius 1 is 1.07 bits per heavy atom. The quantitative estimate of drug-likeness (QED) is 0.385. The van der Waals surface area contributed by atoms with Crippen molar-refractivity contribution in [3.05, 3.63) is 67.4 Å². The molecule has 0 bridgehead atoms. The highest BCUT2D eigenvalue weighted by Crippen LogP contribution is 2.32. The van der Waals surface area contributed by atoms with Gasteiger partial charge in [0.1, 0.15) is 15.4 Å². The van der Waals surface area contributed by atoms with Gasteiger partial charge < -0.3 is 0 Å². The number of nitro benzene ring substituents is 1. The fourth-order valence-corrected chi connectivity index (χ4v) is 4.59. The minimum Gasteiger partial charge on any atom is -0.267 e. The van der Waals surface area contributed by atoms with Crippen molar-refractivity contribution in [3.63, 3.8) is 0 Å². The van der Waals surface area contributed by atoms with Gasteiger partial charge in [-0.2, -0.15) is 0 Å². The topological polar surface area (TPSA) is 90.9 Å². The summed E-state index contributed by atoms with van der Waals surface area (Å²) in [6, 6.07) is 6.44. The number of rotatable bonds is 2. The molecule has 3 heterocycles. The van der Waals surface area contributed by atoms with E-state index >= 15 is 0 Å². The molecule has 0 saturated heterocycles. The molecular weight excluding hydrogens is 364 g/mol. The van der Waals surface area contributed by atoms with Crippen LogP contribution in [-0.2, 0) is 0 Å². The molecule has 27 heavy (non-hydrogen) atoms. The van der Waals surface area contributed by atoms with Crippen LogP contribution >= 0.6 is 11.3 Å². The monoisotopic (exact) mass is 380 g/mol. The van der Waals surface area contributed by atoms with Gasteiger partial charge in [0.2, 0.25) is 0 Å². The van der Waals surface area contributed by atoms with E-state index in [4.69, 9.17) is 0 Å². The van der Waals surface area contributed by atoms with E-state index in [-0.39, 0.29) is 11.2 Å². The average molecular weight is 380 g/mol. The lowest BCUT2D eigenvalue weighted by atomic mass is 10.1. The molecule has 0 N–H and O–H groups in total. The van der Waals surface area contributed by atoms with Crippen LogP contribution in [0.2, 0.25) is 0 Å². The first-order valence-corrected chi connectivity index (χ1v) is 9.15. The lowest BCUT2D eigenvalue weighted by Crippen LogP contribution is -2.22. The SMILES string of the molecule is Cc1cc(C)c2c(n1)sc1c(=O)n(-c3ccc([N+](=O)[O-])cc3C)c(C)nc12. The number of non-ortho nitro benzene ring substituents is 1. The van der Waals surface area contributed by atoms with Crippen molar-refractivity contribution in [2.24, 2.45) is 0 Å². The van der Waals surface area contributed by atoms with Crippen LogP contribution in [0.5, 0.6) is 0 Å². The maximum absolute atomic E-state index is 13.3. The number of aromatic nitrogens is 3. The van der Waals surface area contributed by atoms with Crippen molar-refractivity contribution in [3.8, 4) is 5.69 Å². The average Bonchev–Trinajstić information content (AvgIpc) is 2.94. The van der Waals surface area contributed by atoms with E-state index in [2.05, 4.69) is 9.97 Å². The summed E-state index contributed by atoms with van der Waals surface area (Å²) in [4.78, 5) is 33.8. The molecule has 7 nitrogen and oxygen atoms in total. The highest BCUT2D eigenvalue weighted by Gasteiger charge is 2.19. The van der Waals surface area contributed by atoms with Gasteiger partial charge >= 0.3 is 0 Å². The number of thiophene rings is 1. The third kappa shape index (κ3) is 2.60. The predicted molar refractivity (Wildman–Crippen MR) is 106 cm³/mol. The number of aryl methyl sites for hydroxylation is 4. The third-order valence-electron chi connectivity index (χ3n) is 4.59. The van der Waals surface area contributed by atoms with Crippen LogP contribution in [0.25, 0.3) is 26.1 Å². The van der Waals surface area contributed by atoms with Crippen molar-refractivity contribution in [1.29, 1.82) is 0 Å². The molecule has 1 aromatic carbocycles. The van der Waals surface area contributed by atoms with Crippen molar-refractivity contribution in [2.45, 2.75) is 27.7 Å². The summed E-state index contributed by atoms with van der Waals surface area (Å²) in [6.07, 6.45) is 0. The number of hydrogen-bond acceptors (Lipinski definition) is 6. The Hall–Kier alpha value is -3.13. The summed E-state index contributed by atoms with van der Waals surface area (Å²) in [6.45, 7) is 7.43. The van der Waals surface area contributed by atoms with Gasteiger partial charge in [-0.1, -0.05) is 0 Å². The molecule has 0 atom stereocenters. The van der Waals surface area contributed by atoms with Crippen molar-refractivity contribution >= 4 is 37.5 Å². The fraction of sp³-hybridized carbons (Fsp3) is 0.211. The molecule has 0 fully saturated rings. The van der Waals surface area contributed by atoms with Gasteiger partial charge in [-0.05, 0) is 51.0 Å². The van der Waals surface area contributed by atoms with Gasteiger partial charge in [-0.25, -0.2) is 9.97 Å². The van der Waals surface area contributed by atoms with E-state index in [0.717, 1.165) is 21.5 Å². The number of nitrogens with zero attached hydrogens (tertiary/aromatic N) is 4. The molecular formula is C19H16N4O3S. The zero-order chi connectivity index (χ0) is 19.5. The van der Waals surface area contributed by atoms with E-state index in [1.54, 1.807) is 19.9 Å². The number of benzene rings is 1. The molecule has 8 heteroatoms. The number of fused-ring (bicyclic) bond motifs is 3. The predicted octanol–water partition coefficient (Wildman–Crippen LogP) is 4.14. The fourth-order valence-electron chi connectivity index (χ4n) is 3.42. The second kappa shape index (κ2) is 5.95. The number of nitro groups is 1. The highest BCUT2D eigenvalue weighted by atomic mass is 32.1. The van der Waals surface area contributed by atoms with Gasteiger partial charge in [0.15, 0.2) is 0 Å². The van der Waals surface area contributed by atoms with Gasteiger partial charge in [0.05, 0.1) is 16.1 Å². The maximum atomic E-state index is 13.3. The summed E-state index contributed by atoms with van der Waals surface area (Å²) in [5, 5.41) is 11.9. The van der Waals surface area contributed by atoms with Crippen LogP contribution in [0.3, 0.4) is 0 Å². The lowest BCUT2D eigenvalue weighted by Gasteiger charge is -2.12. The van der Waals surface area contributed by atoms with Crippen molar-refractivity contribution < 1.29 is 4.92 Å². The van der Waals surface area contributed by atoms with Gasteiger partial charge in [0.25, 0.3) is 11.2 Å². The van der Waals surface area contributed by atoms with Crippen molar-refractivity contribution in [2.75, 3.05) is 0 Å². The van der Waals surface area contributed by atoms with Crippen molar-refractivity contribution in [1.82, 2.24) is 14.5 Å². The Morgan fingerprint density at radius 2 is 1.81 bits per heavy atom. The lowest BCUT2D eigenvalue weighted by molar-refractivity contribution is -0.384. The van der Waals surface area contributed by atoms with E-state index in [1.165, 1.54) is 28.0 Å². The molecule has 4 rings (SSSR count). The number of pyridine rings is 1. The maximum Gasteiger partial charge on any atom is 0.276 e. The summed E-state index contributed by atoms with van der Waals surface area (Å²) in [5.74, 6) is 0.532. The summed E-state index contributed by atoms with van der Waals surface area (Å²) >= 11 is 1.33. The largest absolute Gasteiger partial charge is 0.276 e. The number of hydrogen-bond donors (Lipinski definition) is 0. The second-order valence-electron chi connectivity index (χ2n) is 6.57. The Bertz CT molecular complexity index is 1320. The van der Waals surface area contributed by atoms with E-state index < -0.39 is 4.92 Å². The third-order valence-corrected chi connectivity index (χ3v) is 5.65. The Labute approximate surface area is 158 Å². The Morgan fingerprint density at radius 3 is 2.48 bits per heavy atom. The van der Waals surface area contributed by atoms with Gasteiger partial charge in [-0.15, -0.1) is 11.3 Å². The smallest absolute Gasteiger partial charge is 0.267 e. The Kier molecular flexibility index (Phi) is 3.81. The van der Waals surface area contributed by atoms with E-state index in [9.17, 15) is 14.9 Å². The van der Waals surface area contributed by atoms with Crippen LogP contribution in [0, 0.1) is 37.8 Å². The molecule has 0 aliphatic heterocycles. The summed E-state index contributed by atoms with van der Waals surface area (Å²) in [7, 11) is 0.